The lowest BCUT2D eigenvalue weighted by molar-refractivity contribution is 0.574. The summed E-state index contributed by atoms with van der Waals surface area (Å²) in [4.78, 5) is 24.5. The summed E-state index contributed by atoms with van der Waals surface area (Å²) in [6, 6.07) is 27.5. The second-order valence-electron chi connectivity index (χ2n) is 7.66. The van der Waals surface area contributed by atoms with E-state index in [2.05, 4.69) is 15.0 Å². The molecule has 0 spiro atoms. The molecule has 3 aromatic carbocycles. The zero-order valence-electron chi connectivity index (χ0n) is 17.5. The third-order valence-electron chi connectivity index (χ3n) is 5.28. The maximum Gasteiger partial charge on any atom is 0.279 e. The van der Waals surface area contributed by atoms with Crippen LogP contribution in [0.15, 0.2) is 101 Å². The molecule has 33 heavy (non-hydrogen) atoms. The summed E-state index contributed by atoms with van der Waals surface area (Å²) < 4.78 is 28.4. The quantitative estimate of drug-likeness (QED) is 0.419. The van der Waals surface area contributed by atoms with Crippen LogP contribution in [0, 0.1) is 0 Å². The van der Waals surface area contributed by atoms with Crippen molar-refractivity contribution in [2.45, 2.75) is 17.5 Å². The van der Waals surface area contributed by atoms with Crippen molar-refractivity contribution in [3.8, 4) is 11.4 Å². The number of hydrogen-bond donors (Lipinski definition) is 1. The van der Waals surface area contributed by atoms with Gasteiger partial charge in [0.1, 0.15) is 5.82 Å². The van der Waals surface area contributed by atoms with E-state index < -0.39 is 15.4 Å². The van der Waals surface area contributed by atoms with Gasteiger partial charge in [-0.2, -0.15) is 0 Å². The number of aromatic amines is 1. The van der Waals surface area contributed by atoms with Crippen molar-refractivity contribution < 1.29 is 8.42 Å². The molecule has 164 valence electrons. The smallest absolute Gasteiger partial charge is 0.279 e. The molecule has 0 atom stereocenters. The maximum atomic E-state index is 13.4. The second kappa shape index (κ2) is 8.48. The molecule has 0 aliphatic carbocycles. The van der Waals surface area contributed by atoms with Crippen molar-refractivity contribution in [3.63, 3.8) is 0 Å². The van der Waals surface area contributed by atoms with Crippen molar-refractivity contribution in [2.24, 2.45) is 0 Å². The van der Waals surface area contributed by atoms with Gasteiger partial charge >= 0.3 is 0 Å². The van der Waals surface area contributed by atoms with Crippen LogP contribution in [0.1, 0.15) is 11.1 Å². The van der Waals surface area contributed by atoms with Crippen LogP contribution in [0.3, 0.4) is 0 Å². The Hall–Kier alpha value is -4.04. The normalized spacial score (nSPS) is 11.6. The Labute approximate surface area is 190 Å². The van der Waals surface area contributed by atoms with Crippen LogP contribution in [0.5, 0.6) is 0 Å². The Bertz CT molecular complexity index is 1580. The number of rotatable bonds is 6. The van der Waals surface area contributed by atoms with Gasteiger partial charge in [-0.3, -0.25) is 9.36 Å². The molecule has 2 aromatic heterocycles. The van der Waals surface area contributed by atoms with Gasteiger partial charge in [0.15, 0.2) is 11.2 Å². The molecular formula is C25H20N4O3S. The van der Waals surface area contributed by atoms with Crippen molar-refractivity contribution in [2.75, 3.05) is 0 Å². The molecule has 0 radical (unpaired) electrons. The SMILES string of the molecule is O=c1[nH]c(-c2ccccc2)nc2c1nc(S(=O)(=O)Cc1ccccc1)n2Cc1ccccc1. The number of H-pyrrole nitrogens is 1. The monoisotopic (exact) mass is 456 g/mol. The number of fused-ring (bicyclic) bond motifs is 1. The van der Waals surface area contributed by atoms with Gasteiger partial charge in [0.2, 0.25) is 15.0 Å². The molecule has 1 N–H and O–H groups in total. The highest BCUT2D eigenvalue weighted by Gasteiger charge is 2.27. The molecule has 5 aromatic rings. The highest BCUT2D eigenvalue weighted by Crippen LogP contribution is 2.23. The van der Waals surface area contributed by atoms with E-state index in [4.69, 9.17) is 0 Å². The summed E-state index contributed by atoms with van der Waals surface area (Å²) >= 11 is 0. The predicted octanol–water partition coefficient (Wildman–Crippen LogP) is 3.81. The number of aromatic nitrogens is 4. The van der Waals surface area contributed by atoms with Gasteiger partial charge < -0.3 is 4.98 Å². The van der Waals surface area contributed by atoms with Crippen LogP contribution < -0.4 is 5.56 Å². The molecular weight excluding hydrogens is 436 g/mol. The first-order valence-electron chi connectivity index (χ1n) is 10.4. The van der Waals surface area contributed by atoms with E-state index in [-0.39, 0.29) is 28.6 Å². The Morgan fingerprint density at radius 2 is 1.33 bits per heavy atom. The number of sulfone groups is 1. The molecule has 0 saturated heterocycles. The molecule has 2 heterocycles. The van der Waals surface area contributed by atoms with E-state index in [9.17, 15) is 13.2 Å². The van der Waals surface area contributed by atoms with E-state index in [0.29, 0.717) is 11.4 Å². The van der Waals surface area contributed by atoms with E-state index >= 15 is 0 Å². The Kier molecular flexibility index (Phi) is 5.35. The van der Waals surface area contributed by atoms with Crippen LogP contribution in [0.2, 0.25) is 0 Å². The first-order valence-corrected chi connectivity index (χ1v) is 12.0. The lowest BCUT2D eigenvalue weighted by Gasteiger charge is -2.10. The topological polar surface area (TPSA) is 97.7 Å². The minimum absolute atomic E-state index is 0.00255. The molecule has 0 unspecified atom stereocenters. The fourth-order valence-electron chi connectivity index (χ4n) is 3.73. The maximum absolute atomic E-state index is 13.4. The number of hydrogen-bond acceptors (Lipinski definition) is 5. The molecule has 0 aliphatic rings. The lowest BCUT2D eigenvalue weighted by atomic mass is 10.2. The van der Waals surface area contributed by atoms with Crippen LogP contribution in [-0.2, 0) is 22.1 Å². The molecule has 0 amide bonds. The third kappa shape index (κ3) is 4.20. The van der Waals surface area contributed by atoms with Crippen LogP contribution >= 0.6 is 0 Å². The summed E-state index contributed by atoms with van der Waals surface area (Å²) in [7, 11) is -3.86. The zero-order chi connectivity index (χ0) is 22.8. The van der Waals surface area contributed by atoms with E-state index in [0.717, 1.165) is 11.1 Å². The molecule has 0 bridgehead atoms. The Balaban J connectivity index is 1.72. The molecule has 0 aliphatic heterocycles. The first kappa shape index (κ1) is 20.8. The lowest BCUT2D eigenvalue weighted by Crippen LogP contribution is -2.14. The summed E-state index contributed by atoms with van der Waals surface area (Å²) in [5.41, 5.74) is 1.98. The standard InChI is InChI=1S/C25H20N4O3S/c30-24-21-23(27-22(28-24)20-14-8-3-9-15-20)29(16-18-10-4-1-5-11-18)25(26-21)33(31,32)17-19-12-6-2-7-13-19/h1-15H,16-17H2,(H,27,28,30). The average molecular weight is 457 g/mol. The van der Waals surface area contributed by atoms with Crippen LogP contribution in [0.4, 0.5) is 0 Å². The second-order valence-corrected chi connectivity index (χ2v) is 9.55. The minimum atomic E-state index is -3.86. The predicted molar refractivity (Wildman–Crippen MR) is 126 cm³/mol. The highest BCUT2D eigenvalue weighted by atomic mass is 32.2. The van der Waals surface area contributed by atoms with Gasteiger partial charge in [-0.1, -0.05) is 91.0 Å². The van der Waals surface area contributed by atoms with Gasteiger partial charge in [0.25, 0.3) is 5.56 Å². The van der Waals surface area contributed by atoms with Gasteiger partial charge in [-0.15, -0.1) is 0 Å². The highest BCUT2D eigenvalue weighted by molar-refractivity contribution is 7.90. The zero-order valence-corrected chi connectivity index (χ0v) is 18.4. The minimum Gasteiger partial charge on any atom is -0.305 e. The fourth-order valence-corrected chi connectivity index (χ4v) is 5.21. The molecule has 8 heteroatoms. The molecule has 0 fully saturated rings. The van der Waals surface area contributed by atoms with Gasteiger partial charge in [-0.05, 0) is 11.1 Å². The van der Waals surface area contributed by atoms with Gasteiger partial charge in [-0.25, -0.2) is 18.4 Å². The number of nitrogens with one attached hydrogen (secondary N) is 1. The summed E-state index contributed by atoms with van der Waals surface area (Å²) in [5.74, 6) is 0.129. The molecule has 5 rings (SSSR count). The van der Waals surface area contributed by atoms with Gasteiger partial charge in [0, 0.05) is 5.56 Å². The largest absolute Gasteiger partial charge is 0.305 e. The Morgan fingerprint density at radius 1 is 0.758 bits per heavy atom. The fraction of sp³-hybridized carbons (Fsp3) is 0.0800. The third-order valence-corrected chi connectivity index (χ3v) is 6.86. The summed E-state index contributed by atoms with van der Waals surface area (Å²) in [6.45, 7) is 0.214. The summed E-state index contributed by atoms with van der Waals surface area (Å²) in [6.07, 6.45) is 0. The molecule has 7 nitrogen and oxygen atoms in total. The molecule has 0 saturated carbocycles. The van der Waals surface area contributed by atoms with E-state index in [1.54, 1.807) is 24.3 Å². The van der Waals surface area contributed by atoms with E-state index in [1.165, 1.54) is 4.57 Å². The van der Waals surface area contributed by atoms with Crippen molar-refractivity contribution >= 4 is 21.0 Å². The van der Waals surface area contributed by atoms with Crippen molar-refractivity contribution in [1.82, 2.24) is 19.5 Å². The number of benzene rings is 3. The number of imidazole rings is 1. The van der Waals surface area contributed by atoms with Crippen molar-refractivity contribution in [3.05, 3.63) is 112 Å². The van der Waals surface area contributed by atoms with Crippen LogP contribution in [0.25, 0.3) is 22.6 Å². The van der Waals surface area contributed by atoms with E-state index in [1.807, 2.05) is 66.7 Å². The van der Waals surface area contributed by atoms with Gasteiger partial charge in [0.05, 0.1) is 12.3 Å². The average Bonchev–Trinajstić information content (AvgIpc) is 3.20. The first-order chi connectivity index (χ1) is 16.0. The van der Waals surface area contributed by atoms with Crippen molar-refractivity contribution in [1.29, 1.82) is 0 Å². The number of nitrogens with zero attached hydrogens (tertiary/aromatic N) is 3. The van der Waals surface area contributed by atoms with Crippen LogP contribution in [-0.4, -0.2) is 27.9 Å². The summed E-state index contributed by atoms with van der Waals surface area (Å²) in [5, 5.41) is -0.173. The Morgan fingerprint density at radius 3 is 1.97 bits per heavy atom.